The van der Waals surface area contributed by atoms with E-state index in [9.17, 15) is 4.55 Å². The number of nitrogens with zero attached hydrogens (tertiary/aromatic N) is 4. The molecule has 32 heavy (non-hydrogen) atoms. The number of hydrogen-bond acceptors (Lipinski definition) is 6. The molecule has 1 fully saturated rings. The van der Waals surface area contributed by atoms with Gasteiger partial charge >= 0.3 is 0 Å². The lowest BCUT2D eigenvalue weighted by molar-refractivity contribution is 0.0377. The SMILES string of the molecule is Cc1nc(N2CCC3(CC2)Oc2ccccc2[C@H]3N[S+]([O-])C(C)(C)C)n2ccnc2c1Br. The number of rotatable bonds is 3. The molecule has 0 amide bonds. The van der Waals surface area contributed by atoms with Crippen molar-refractivity contribution in [3.05, 3.63) is 52.4 Å². The van der Waals surface area contributed by atoms with Gasteiger partial charge in [-0.25, -0.2) is 9.97 Å². The van der Waals surface area contributed by atoms with Crippen molar-refractivity contribution >= 4 is 38.9 Å². The van der Waals surface area contributed by atoms with E-state index >= 15 is 0 Å². The van der Waals surface area contributed by atoms with Gasteiger partial charge in [-0.3, -0.25) is 4.40 Å². The molecule has 5 rings (SSSR count). The Morgan fingerprint density at radius 1 is 1.25 bits per heavy atom. The molecule has 0 bridgehead atoms. The molecular weight excluding hydrogens is 490 g/mol. The van der Waals surface area contributed by atoms with Crippen LogP contribution in [0.3, 0.4) is 0 Å². The molecule has 4 heterocycles. The number of fused-ring (bicyclic) bond motifs is 2. The van der Waals surface area contributed by atoms with Gasteiger partial charge in [0.15, 0.2) is 5.65 Å². The van der Waals surface area contributed by atoms with Crippen LogP contribution in [0, 0.1) is 6.92 Å². The minimum absolute atomic E-state index is 0.117. The fraction of sp³-hybridized carbons (Fsp3) is 0.478. The van der Waals surface area contributed by atoms with Crippen molar-refractivity contribution in [1.29, 1.82) is 0 Å². The van der Waals surface area contributed by atoms with Crippen LogP contribution in [0.4, 0.5) is 5.95 Å². The number of piperidine rings is 1. The molecule has 0 radical (unpaired) electrons. The number of aryl methyl sites for hydroxylation is 1. The normalized spacial score (nSPS) is 21.1. The van der Waals surface area contributed by atoms with Gasteiger partial charge in [-0.15, -0.1) is 4.72 Å². The molecule has 3 aromatic rings. The Kier molecular flexibility index (Phi) is 5.43. The Labute approximate surface area is 200 Å². The standard InChI is InChI=1S/C23H28BrN5O2S/c1-15-18(24)20-25-11-14-29(20)21(26-15)28-12-9-23(10-13-28)19(27-32(30)22(2,3)4)16-7-5-6-8-17(16)31-23/h5-8,11,14,19,27H,9-10,12-13H2,1-4H3/t19-,32?/m1/s1. The number of anilines is 1. The summed E-state index contributed by atoms with van der Waals surface area (Å²) in [5.41, 5.74) is 2.45. The number of hydrogen-bond donors (Lipinski definition) is 1. The molecule has 9 heteroatoms. The summed E-state index contributed by atoms with van der Waals surface area (Å²) in [6.45, 7) is 9.54. The van der Waals surface area contributed by atoms with Crippen LogP contribution in [0.15, 0.2) is 41.1 Å². The number of nitrogens with one attached hydrogen (secondary N) is 1. The van der Waals surface area contributed by atoms with Crippen molar-refractivity contribution in [3.63, 3.8) is 0 Å². The Morgan fingerprint density at radius 3 is 2.69 bits per heavy atom. The molecule has 1 saturated heterocycles. The fourth-order valence-corrected chi connectivity index (χ4v) is 5.86. The lowest BCUT2D eigenvalue weighted by atomic mass is 9.83. The fourth-order valence-electron chi connectivity index (χ4n) is 4.57. The zero-order chi connectivity index (χ0) is 22.7. The Morgan fingerprint density at radius 2 is 1.97 bits per heavy atom. The molecule has 7 nitrogen and oxygen atoms in total. The number of aromatic nitrogens is 3. The van der Waals surface area contributed by atoms with Gasteiger partial charge in [0.05, 0.1) is 10.2 Å². The van der Waals surface area contributed by atoms with Crippen molar-refractivity contribution in [3.8, 4) is 5.75 Å². The quantitative estimate of drug-likeness (QED) is 0.521. The van der Waals surface area contributed by atoms with E-state index in [0.717, 1.165) is 59.0 Å². The number of benzene rings is 1. The lowest BCUT2D eigenvalue weighted by Crippen LogP contribution is -2.55. The molecular formula is C23H28BrN5O2S. The maximum atomic E-state index is 13.0. The van der Waals surface area contributed by atoms with Crippen LogP contribution >= 0.6 is 15.9 Å². The van der Waals surface area contributed by atoms with Crippen LogP contribution in [0.2, 0.25) is 0 Å². The van der Waals surface area contributed by atoms with Gasteiger partial charge < -0.3 is 14.2 Å². The zero-order valence-corrected chi connectivity index (χ0v) is 21.2. The molecule has 2 aliphatic rings. The Hall–Kier alpha value is -1.81. The van der Waals surface area contributed by atoms with Gasteiger partial charge in [0.25, 0.3) is 0 Å². The largest absolute Gasteiger partial charge is 0.598 e. The number of imidazole rings is 1. The summed E-state index contributed by atoms with van der Waals surface area (Å²) >= 11 is 2.41. The highest BCUT2D eigenvalue weighted by Crippen LogP contribution is 2.49. The van der Waals surface area contributed by atoms with E-state index in [1.165, 1.54) is 0 Å². The lowest BCUT2D eigenvalue weighted by Gasteiger charge is -2.43. The predicted molar refractivity (Wildman–Crippen MR) is 130 cm³/mol. The third-order valence-electron chi connectivity index (χ3n) is 6.38. The molecule has 0 saturated carbocycles. The molecule has 0 aliphatic carbocycles. The average Bonchev–Trinajstić information content (AvgIpc) is 3.35. The van der Waals surface area contributed by atoms with Gasteiger partial charge in [-0.05, 0) is 49.7 Å². The van der Waals surface area contributed by atoms with Crippen molar-refractivity contribution in [1.82, 2.24) is 19.1 Å². The van der Waals surface area contributed by atoms with Crippen molar-refractivity contribution in [2.45, 2.75) is 56.9 Å². The number of halogens is 1. The van der Waals surface area contributed by atoms with E-state index in [1.807, 2.05) is 56.5 Å². The highest BCUT2D eigenvalue weighted by molar-refractivity contribution is 9.10. The summed E-state index contributed by atoms with van der Waals surface area (Å²) in [6.07, 6.45) is 5.35. The highest BCUT2D eigenvalue weighted by atomic mass is 79.9. The van der Waals surface area contributed by atoms with E-state index in [-0.39, 0.29) is 10.8 Å². The van der Waals surface area contributed by atoms with Crippen LogP contribution in [0.5, 0.6) is 5.75 Å². The van der Waals surface area contributed by atoms with Gasteiger partial charge in [0.2, 0.25) is 5.95 Å². The van der Waals surface area contributed by atoms with Gasteiger partial charge in [-0.1, -0.05) is 18.2 Å². The summed E-state index contributed by atoms with van der Waals surface area (Å²) in [5.74, 6) is 1.78. The van der Waals surface area contributed by atoms with Crippen LogP contribution in [0.1, 0.15) is 50.9 Å². The Balaban J connectivity index is 1.44. The van der Waals surface area contributed by atoms with E-state index < -0.39 is 17.0 Å². The summed E-state index contributed by atoms with van der Waals surface area (Å²) < 4.78 is 25.6. The second kappa shape index (κ2) is 7.90. The second-order valence-corrected chi connectivity index (χ2v) is 12.3. The van der Waals surface area contributed by atoms with Crippen molar-refractivity contribution < 1.29 is 9.29 Å². The van der Waals surface area contributed by atoms with Crippen molar-refractivity contribution in [2.75, 3.05) is 18.0 Å². The summed E-state index contributed by atoms with van der Waals surface area (Å²) in [5, 5.41) is 0. The topological polar surface area (TPSA) is 77.8 Å². The maximum Gasteiger partial charge on any atom is 0.211 e. The molecule has 170 valence electrons. The van der Waals surface area contributed by atoms with E-state index in [2.05, 4.69) is 36.6 Å². The third-order valence-corrected chi connectivity index (χ3v) is 8.87. The predicted octanol–water partition coefficient (Wildman–Crippen LogP) is 4.32. The average molecular weight is 518 g/mol. The molecule has 1 N–H and O–H groups in total. The second-order valence-electron chi connectivity index (χ2n) is 9.56. The summed E-state index contributed by atoms with van der Waals surface area (Å²) in [6, 6.07) is 8.00. The first-order valence-corrected chi connectivity index (χ1v) is 12.8. The van der Waals surface area contributed by atoms with Crippen LogP contribution < -0.4 is 14.4 Å². The number of ether oxygens (including phenoxy) is 1. The van der Waals surface area contributed by atoms with Crippen LogP contribution in [-0.4, -0.2) is 42.4 Å². The first-order valence-electron chi connectivity index (χ1n) is 10.9. The highest BCUT2D eigenvalue weighted by Gasteiger charge is 2.53. The van der Waals surface area contributed by atoms with E-state index in [0.29, 0.717) is 0 Å². The van der Waals surface area contributed by atoms with Crippen LogP contribution in [-0.2, 0) is 11.4 Å². The van der Waals surface area contributed by atoms with E-state index in [4.69, 9.17) is 9.72 Å². The molecule has 2 atom stereocenters. The smallest absolute Gasteiger partial charge is 0.211 e. The molecule has 1 unspecified atom stereocenters. The molecule has 2 aromatic heterocycles. The number of para-hydroxylation sites is 1. The summed E-state index contributed by atoms with van der Waals surface area (Å²) in [4.78, 5) is 11.6. The monoisotopic (exact) mass is 517 g/mol. The molecule has 2 aliphatic heterocycles. The molecule has 1 spiro atoms. The maximum absolute atomic E-state index is 13.0. The first kappa shape index (κ1) is 22.0. The first-order chi connectivity index (χ1) is 15.2. The zero-order valence-electron chi connectivity index (χ0n) is 18.8. The van der Waals surface area contributed by atoms with Gasteiger partial charge in [0, 0.05) is 55.3 Å². The Bertz CT molecular complexity index is 1150. The van der Waals surface area contributed by atoms with Gasteiger partial charge in [0.1, 0.15) is 22.1 Å². The molecule has 1 aromatic carbocycles. The summed E-state index contributed by atoms with van der Waals surface area (Å²) in [7, 11) is 0. The minimum atomic E-state index is -1.20. The van der Waals surface area contributed by atoms with Crippen molar-refractivity contribution in [2.24, 2.45) is 0 Å². The van der Waals surface area contributed by atoms with Gasteiger partial charge in [-0.2, -0.15) is 0 Å². The van der Waals surface area contributed by atoms with Crippen LogP contribution in [0.25, 0.3) is 5.65 Å². The van der Waals surface area contributed by atoms with E-state index in [1.54, 1.807) is 6.20 Å². The third kappa shape index (κ3) is 3.59. The minimum Gasteiger partial charge on any atom is -0.598 e.